The van der Waals surface area contributed by atoms with Gasteiger partial charge < -0.3 is 19.7 Å². The molecule has 2 rings (SSSR count). The maximum absolute atomic E-state index is 12.0. The number of carbonyl (C=O) groups is 2. The molecule has 1 aromatic heterocycles. The molecule has 7 heteroatoms. The van der Waals surface area contributed by atoms with Gasteiger partial charge in [0.05, 0.1) is 17.3 Å². The van der Waals surface area contributed by atoms with Gasteiger partial charge in [-0.25, -0.2) is 4.79 Å². The molecular weight excluding hydrogens is 340 g/mol. The van der Waals surface area contributed by atoms with Crippen molar-refractivity contribution in [2.75, 3.05) is 12.4 Å². The van der Waals surface area contributed by atoms with Gasteiger partial charge in [0.25, 0.3) is 0 Å². The van der Waals surface area contributed by atoms with Crippen molar-refractivity contribution in [1.82, 2.24) is 4.57 Å². The molecule has 0 saturated carbocycles. The Hall–Kier alpha value is -2.28. The fraction of sp³-hybridized carbons (Fsp3) is 0.143. The lowest BCUT2D eigenvalue weighted by Gasteiger charge is -2.08. The normalized spacial score (nSPS) is 10.2. The first kappa shape index (κ1) is 15.1. The average Bonchev–Trinajstić information content (AvgIpc) is 2.80. The number of amides is 1. The van der Waals surface area contributed by atoms with Crippen LogP contribution in [-0.4, -0.2) is 28.7 Å². The smallest absolute Gasteiger partial charge is 0.337 e. The maximum Gasteiger partial charge on any atom is 0.337 e. The Morgan fingerprint density at radius 3 is 2.76 bits per heavy atom. The average molecular weight is 353 g/mol. The van der Waals surface area contributed by atoms with Crippen molar-refractivity contribution < 1.29 is 19.4 Å². The van der Waals surface area contributed by atoms with Crippen molar-refractivity contribution in [2.24, 2.45) is 0 Å². The number of methoxy groups -OCH3 is 1. The lowest BCUT2D eigenvalue weighted by molar-refractivity contribution is -0.116. The SMILES string of the molecule is COc1cccc(NC(=O)Cn2cc(C(=O)O)cc2Br)c1. The van der Waals surface area contributed by atoms with E-state index in [9.17, 15) is 9.59 Å². The number of nitrogens with zero attached hydrogens (tertiary/aromatic N) is 1. The summed E-state index contributed by atoms with van der Waals surface area (Å²) in [5.41, 5.74) is 0.733. The van der Waals surface area contributed by atoms with E-state index in [1.54, 1.807) is 31.4 Å². The molecule has 0 aliphatic heterocycles. The van der Waals surface area contributed by atoms with Crippen LogP contribution in [-0.2, 0) is 11.3 Å². The Morgan fingerprint density at radius 1 is 1.38 bits per heavy atom. The van der Waals surface area contributed by atoms with E-state index in [0.717, 1.165) is 0 Å². The number of rotatable bonds is 5. The molecule has 0 fully saturated rings. The van der Waals surface area contributed by atoms with Crippen molar-refractivity contribution in [2.45, 2.75) is 6.54 Å². The summed E-state index contributed by atoms with van der Waals surface area (Å²) < 4.78 is 7.12. The fourth-order valence-electron chi connectivity index (χ4n) is 1.77. The number of halogens is 1. The second kappa shape index (κ2) is 6.45. The van der Waals surface area contributed by atoms with Crippen LogP contribution in [0, 0.1) is 0 Å². The van der Waals surface area contributed by atoms with E-state index < -0.39 is 5.97 Å². The first-order valence-corrected chi connectivity index (χ1v) is 6.82. The number of carboxylic acid groups (broad SMARTS) is 1. The molecule has 0 aliphatic rings. The van der Waals surface area contributed by atoms with Gasteiger partial charge in [0, 0.05) is 18.0 Å². The van der Waals surface area contributed by atoms with E-state index >= 15 is 0 Å². The fourth-order valence-corrected chi connectivity index (χ4v) is 2.25. The molecule has 110 valence electrons. The molecule has 0 aliphatic carbocycles. The number of carbonyl (C=O) groups excluding carboxylic acids is 1. The highest BCUT2D eigenvalue weighted by molar-refractivity contribution is 9.10. The van der Waals surface area contributed by atoms with E-state index in [4.69, 9.17) is 9.84 Å². The van der Waals surface area contributed by atoms with E-state index in [0.29, 0.717) is 16.0 Å². The van der Waals surface area contributed by atoms with Crippen LogP contribution in [0.2, 0.25) is 0 Å². The number of hydrogen-bond donors (Lipinski definition) is 2. The van der Waals surface area contributed by atoms with Crippen molar-refractivity contribution in [3.05, 3.63) is 46.7 Å². The number of nitrogens with one attached hydrogen (secondary N) is 1. The van der Waals surface area contributed by atoms with Gasteiger partial charge in [0.15, 0.2) is 0 Å². The molecule has 6 nitrogen and oxygen atoms in total. The largest absolute Gasteiger partial charge is 0.497 e. The van der Waals surface area contributed by atoms with Crippen LogP contribution < -0.4 is 10.1 Å². The summed E-state index contributed by atoms with van der Waals surface area (Å²) in [7, 11) is 1.55. The van der Waals surface area contributed by atoms with Gasteiger partial charge >= 0.3 is 5.97 Å². The lowest BCUT2D eigenvalue weighted by atomic mass is 10.3. The summed E-state index contributed by atoms with van der Waals surface area (Å²) in [5, 5.41) is 11.6. The number of aromatic nitrogens is 1. The molecule has 0 saturated heterocycles. The Labute approximate surface area is 129 Å². The summed E-state index contributed by atoms with van der Waals surface area (Å²) in [6.45, 7) is 0.00503. The Bertz CT molecular complexity index is 681. The predicted molar refractivity (Wildman–Crippen MR) is 80.7 cm³/mol. The van der Waals surface area contributed by atoms with E-state index in [-0.39, 0.29) is 18.0 Å². The minimum Gasteiger partial charge on any atom is -0.497 e. The topological polar surface area (TPSA) is 80.6 Å². The lowest BCUT2D eigenvalue weighted by Crippen LogP contribution is -2.18. The quantitative estimate of drug-likeness (QED) is 0.866. The predicted octanol–water partition coefficient (Wildman–Crippen LogP) is 2.60. The van der Waals surface area contributed by atoms with Gasteiger partial charge in [-0.15, -0.1) is 0 Å². The molecule has 0 spiro atoms. The van der Waals surface area contributed by atoms with Gasteiger partial charge in [-0.05, 0) is 34.1 Å². The van der Waals surface area contributed by atoms with E-state index in [1.807, 2.05) is 0 Å². The third kappa shape index (κ3) is 3.85. The molecule has 0 bridgehead atoms. The minimum absolute atomic E-state index is 0.00503. The van der Waals surface area contributed by atoms with Gasteiger partial charge in [-0.2, -0.15) is 0 Å². The van der Waals surface area contributed by atoms with Crippen LogP contribution in [0.25, 0.3) is 0 Å². The molecule has 1 amide bonds. The standard InChI is InChI=1S/C14H13BrN2O4/c1-21-11-4-2-3-10(6-11)16-13(18)8-17-7-9(14(19)20)5-12(17)15/h2-7H,8H2,1H3,(H,16,18)(H,19,20). The zero-order valence-corrected chi connectivity index (χ0v) is 12.8. The summed E-state index contributed by atoms with van der Waals surface area (Å²) in [5.74, 6) is -0.665. The molecule has 0 unspecified atom stereocenters. The van der Waals surface area contributed by atoms with Gasteiger partial charge in [-0.3, -0.25) is 4.79 Å². The van der Waals surface area contributed by atoms with Gasteiger partial charge in [-0.1, -0.05) is 6.07 Å². The summed E-state index contributed by atoms with van der Waals surface area (Å²) >= 11 is 3.22. The zero-order valence-electron chi connectivity index (χ0n) is 11.2. The second-order valence-corrected chi connectivity index (χ2v) is 5.08. The molecule has 1 aromatic carbocycles. The number of benzene rings is 1. The third-order valence-electron chi connectivity index (χ3n) is 2.76. The maximum atomic E-state index is 12.0. The molecule has 0 atom stereocenters. The monoisotopic (exact) mass is 352 g/mol. The van der Waals surface area contributed by atoms with Crippen molar-refractivity contribution in [3.63, 3.8) is 0 Å². The number of ether oxygens (including phenoxy) is 1. The van der Waals surface area contributed by atoms with Crippen LogP contribution in [0.15, 0.2) is 41.1 Å². The third-order valence-corrected chi connectivity index (χ3v) is 3.44. The van der Waals surface area contributed by atoms with Crippen molar-refractivity contribution in [3.8, 4) is 5.75 Å². The van der Waals surface area contributed by atoms with E-state index in [2.05, 4.69) is 21.2 Å². The van der Waals surface area contributed by atoms with Crippen LogP contribution in [0.3, 0.4) is 0 Å². The first-order chi connectivity index (χ1) is 9.99. The molecule has 2 N–H and O–H groups in total. The van der Waals surface area contributed by atoms with E-state index in [1.165, 1.54) is 16.8 Å². The van der Waals surface area contributed by atoms with Crippen molar-refractivity contribution in [1.29, 1.82) is 0 Å². The summed E-state index contributed by atoms with van der Waals surface area (Å²) in [6.07, 6.45) is 1.40. The minimum atomic E-state index is -1.04. The van der Waals surface area contributed by atoms with Crippen LogP contribution >= 0.6 is 15.9 Å². The molecule has 2 aromatic rings. The highest BCUT2D eigenvalue weighted by Crippen LogP contribution is 2.18. The van der Waals surface area contributed by atoms with Crippen LogP contribution in [0.4, 0.5) is 5.69 Å². The summed E-state index contributed by atoms with van der Waals surface area (Å²) in [4.78, 5) is 22.8. The summed E-state index contributed by atoms with van der Waals surface area (Å²) in [6, 6.07) is 8.43. The van der Waals surface area contributed by atoms with Crippen LogP contribution in [0.1, 0.15) is 10.4 Å². The number of aromatic carboxylic acids is 1. The molecule has 0 radical (unpaired) electrons. The Balaban J connectivity index is 2.06. The number of hydrogen-bond acceptors (Lipinski definition) is 3. The zero-order chi connectivity index (χ0) is 15.4. The molecule has 21 heavy (non-hydrogen) atoms. The van der Waals surface area contributed by atoms with Crippen LogP contribution in [0.5, 0.6) is 5.75 Å². The van der Waals surface area contributed by atoms with Gasteiger partial charge in [0.1, 0.15) is 12.3 Å². The highest BCUT2D eigenvalue weighted by atomic mass is 79.9. The number of anilines is 1. The van der Waals surface area contributed by atoms with Crippen molar-refractivity contribution >= 4 is 33.5 Å². The highest BCUT2D eigenvalue weighted by Gasteiger charge is 2.12. The molecule has 1 heterocycles. The Morgan fingerprint density at radius 2 is 2.14 bits per heavy atom. The van der Waals surface area contributed by atoms with Gasteiger partial charge in [0.2, 0.25) is 5.91 Å². The Kier molecular flexibility index (Phi) is 4.64. The second-order valence-electron chi connectivity index (χ2n) is 4.26. The number of carboxylic acids is 1. The first-order valence-electron chi connectivity index (χ1n) is 6.02. The molecular formula is C14H13BrN2O4.